The summed E-state index contributed by atoms with van der Waals surface area (Å²) >= 11 is 6.24. The van der Waals surface area contributed by atoms with Gasteiger partial charge < -0.3 is 10.3 Å². The minimum atomic E-state index is 0.389. The molecule has 0 radical (unpaired) electrons. The molecule has 2 aromatic rings. The first-order valence-corrected chi connectivity index (χ1v) is 6.33. The highest BCUT2D eigenvalue weighted by Gasteiger charge is 2.16. The maximum atomic E-state index is 6.24. The van der Waals surface area contributed by atoms with Crippen molar-refractivity contribution in [1.82, 2.24) is 9.55 Å². The van der Waals surface area contributed by atoms with E-state index in [4.69, 9.17) is 17.3 Å². The molecule has 0 fully saturated rings. The summed E-state index contributed by atoms with van der Waals surface area (Å²) in [6, 6.07) is 4.34. The van der Waals surface area contributed by atoms with Gasteiger partial charge in [-0.05, 0) is 43.5 Å². The molecule has 96 valence electrons. The van der Waals surface area contributed by atoms with E-state index < -0.39 is 0 Å². The zero-order valence-electron chi connectivity index (χ0n) is 11.2. The second kappa shape index (κ2) is 4.75. The zero-order valence-corrected chi connectivity index (χ0v) is 12.0. The first kappa shape index (κ1) is 13.1. The van der Waals surface area contributed by atoms with Crippen molar-refractivity contribution >= 4 is 11.6 Å². The van der Waals surface area contributed by atoms with E-state index in [2.05, 4.69) is 37.9 Å². The van der Waals surface area contributed by atoms with Crippen molar-refractivity contribution in [1.29, 1.82) is 0 Å². The SMILES string of the molecule is Cc1cc(C)c(-c2c(Cl)nc(CN)n2C)cc1C. The molecular weight excluding hydrogens is 246 g/mol. The van der Waals surface area contributed by atoms with E-state index in [-0.39, 0.29) is 0 Å². The molecular formula is C14H18ClN3. The highest BCUT2D eigenvalue weighted by atomic mass is 35.5. The second-order valence-electron chi connectivity index (χ2n) is 4.68. The van der Waals surface area contributed by atoms with Gasteiger partial charge in [-0.1, -0.05) is 17.7 Å². The molecule has 0 atom stereocenters. The third kappa shape index (κ3) is 2.04. The van der Waals surface area contributed by atoms with Gasteiger partial charge in [0, 0.05) is 12.6 Å². The fraction of sp³-hybridized carbons (Fsp3) is 0.357. The maximum absolute atomic E-state index is 6.24. The first-order chi connectivity index (χ1) is 8.45. The van der Waals surface area contributed by atoms with Gasteiger partial charge in [0.1, 0.15) is 5.82 Å². The van der Waals surface area contributed by atoms with E-state index in [0.717, 1.165) is 17.1 Å². The average molecular weight is 264 g/mol. The van der Waals surface area contributed by atoms with E-state index >= 15 is 0 Å². The van der Waals surface area contributed by atoms with Gasteiger partial charge in [0.2, 0.25) is 0 Å². The largest absolute Gasteiger partial charge is 0.329 e. The predicted octanol–water partition coefficient (Wildman–Crippen LogP) is 3.12. The van der Waals surface area contributed by atoms with Crippen molar-refractivity contribution in [2.24, 2.45) is 12.8 Å². The summed E-state index contributed by atoms with van der Waals surface area (Å²) in [4.78, 5) is 4.30. The summed E-state index contributed by atoms with van der Waals surface area (Å²) in [6.45, 7) is 6.70. The number of rotatable bonds is 2. The van der Waals surface area contributed by atoms with E-state index in [9.17, 15) is 0 Å². The third-order valence-corrected chi connectivity index (χ3v) is 3.69. The minimum Gasteiger partial charge on any atom is -0.329 e. The van der Waals surface area contributed by atoms with Gasteiger partial charge in [-0.2, -0.15) is 0 Å². The van der Waals surface area contributed by atoms with Crippen molar-refractivity contribution in [3.8, 4) is 11.3 Å². The van der Waals surface area contributed by atoms with Gasteiger partial charge in [-0.15, -0.1) is 0 Å². The van der Waals surface area contributed by atoms with Crippen LogP contribution in [0.25, 0.3) is 11.3 Å². The molecule has 0 unspecified atom stereocenters. The molecule has 18 heavy (non-hydrogen) atoms. The first-order valence-electron chi connectivity index (χ1n) is 5.95. The standard InChI is InChI=1S/C14H18ClN3/c1-8-5-10(3)11(6-9(8)2)13-14(15)17-12(7-16)18(13)4/h5-6H,7,16H2,1-4H3. The Kier molecular flexibility index (Phi) is 3.46. The Hall–Kier alpha value is -1.32. The molecule has 2 N–H and O–H groups in total. The van der Waals surface area contributed by atoms with Crippen LogP contribution in [0.1, 0.15) is 22.5 Å². The lowest BCUT2D eigenvalue weighted by Crippen LogP contribution is -2.06. The monoisotopic (exact) mass is 263 g/mol. The fourth-order valence-electron chi connectivity index (χ4n) is 2.20. The molecule has 3 nitrogen and oxygen atoms in total. The second-order valence-corrected chi connectivity index (χ2v) is 5.04. The van der Waals surface area contributed by atoms with Gasteiger partial charge in [0.05, 0.1) is 12.2 Å². The summed E-state index contributed by atoms with van der Waals surface area (Å²) in [5.41, 5.74) is 11.5. The molecule has 0 aliphatic carbocycles. The van der Waals surface area contributed by atoms with Crippen molar-refractivity contribution in [2.45, 2.75) is 27.3 Å². The summed E-state index contributed by atoms with van der Waals surface area (Å²) in [5.74, 6) is 0.799. The van der Waals surface area contributed by atoms with E-state index in [0.29, 0.717) is 11.7 Å². The molecule has 0 spiro atoms. The summed E-state index contributed by atoms with van der Waals surface area (Å²) in [6.07, 6.45) is 0. The Bertz CT molecular complexity index is 600. The van der Waals surface area contributed by atoms with E-state index in [1.807, 2.05) is 11.6 Å². The van der Waals surface area contributed by atoms with Gasteiger partial charge in [-0.25, -0.2) is 4.98 Å². The van der Waals surface area contributed by atoms with Crippen LogP contribution in [-0.4, -0.2) is 9.55 Å². The van der Waals surface area contributed by atoms with Crippen molar-refractivity contribution in [2.75, 3.05) is 0 Å². The van der Waals surface area contributed by atoms with Gasteiger partial charge in [0.15, 0.2) is 5.15 Å². The van der Waals surface area contributed by atoms with Crippen LogP contribution < -0.4 is 5.73 Å². The number of halogens is 1. The van der Waals surface area contributed by atoms with E-state index in [1.165, 1.54) is 16.7 Å². The fourth-order valence-corrected chi connectivity index (χ4v) is 2.52. The number of nitrogens with zero attached hydrogens (tertiary/aromatic N) is 2. The Morgan fingerprint density at radius 3 is 2.33 bits per heavy atom. The van der Waals surface area contributed by atoms with Crippen LogP contribution >= 0.6 is 11.6 Å². The number of aryl methyl sites for hydroxylation is 3. The molecule has 1 aromatic heterocycles. The molecule has 0 aliphatic heterocycles. The highest BCUT2D eigenvalue weighted by Crippen LogP contribution is 2.32. The minimum absolute atomic E-state index is 0.389. The number of benzene rings is 1. The lowest BCUT2D eigenvalue weighted by molar-refractivity contribution is 0.798. The molecule has 4 heteroatoms. The smallest absolute Gasteiger partial charge is 0.155 e. The number of aromatic nitrogens is 2. The normalized spacial score (nSPS) is 11.0. The number of nitrogens with two attached hydrogens (primary N) is 1. The van der Waals surface area contributed by atoms with Crippen LogP contribution in [0.4, 0.5) is 0 Å². The molecule has 0 saturated heterocycles. The molecule has 0 bridgehead atoms. The van der Waals surface area contributed by atoms with Crippen molar-refractivity contribution in [3.63, 3.8) is 0 Å². The van der Waals surface area contributed by atoms with E-state index in [1.54, 1.807) is 0 Å². The zero-order chi connectivity index (χ0) is 13.4. The van der Waals surface area contributed by atoms with Gasteiger partial charge in [-0.3, -0.25) is 0 Å². The van der Waals surface area contributed by atoms with Crippen molar-refractivity contribution < 1.29 is 0 Å². The lowest BCUT2D eigenvalue weighted by atomic mass is 9.99. The topological polar surface area (TPSA) is 43.8 Å². The van der Waals surface area contributed by atoms with Crippen LogP contribution in [0.2, 0.25) is 5.15 Å². The Morgan fingerprint density at radius 1 is 1.17 bits per heavy atom. The van der Waals surface area contributed by atoms with Crippen molar-refractivity contribution in [3.05, 3.63) is 39.8 Å². The molecule has 2 rings (SSSR count). The molecule has 1 heterocycles. The Morgan fingerprint density at radius 2 is 1.78 bits per heavy atom. The molecule has 1 aromatic carbocycles. The summed E-state index contributed by atoms with van der Waals surface area (Å²) < 4.78 is 1.97. The molecule has 0 saturated carbocycles. The highest BCUT2D eigenvalue weighted by molar-refractivity contribution is 6.32. The molecule has 0 aliphatic rings. The Balaban J connectivity index is 2.69. The van der Waals surface area contributed by atoms with Crippen LogP contribution in [0.3, 0.4) is 0 Å². The maximum Gasteiger partial charge on any atom is 0.155 e. The summed E-state index contributed by atoms with van der Waals surface area (Å²) in [5, 5.41) is 0.518. The molecule has 0 amide bonds. The average Bonchev–Trinajstić information content (AvgIpc) is 2.59. The quantitative estimate of drug-likeness (QED) is 0.905. The number of hydrogen-bond donors (Lipinski definition) is 1. The Labute approximate surface area is 113 Å². The van der Waals surface area contributed by atoms with Crippen LogP contribution in [0.5, 0.6) is 0 Å². The number of imidazole rings is 1. The number of hydrogen-bond acceptors (Lipinski definition) is 2. The van der Waals surface area contributed by atoms with Crippen LogP contribution in [-0.2, 0) is 13.6 Å². The van der Waals surface area contributed by atoms with Crippen LogP contribution in [0.15, 0.2) is 12.1 Å². The predicted molar refractivity (Wildman–Crippen MR) is 75.8 cm³/mol. The lowest BCUT2D eigenvalue weighted by Gasteiger charge is -2.11. The van der Waals surface area contributed by atoms with Crippen LogP contribution in [0, 0.1) is 20.8 Å². The summed E-state index contributed by atoms with van der Waals surface area (Å²) in [7, 11) is 1.95. The third-order valence-electron chi connectivity index (χ3n) is 3.42. The van der Waals surface area contributed by atoms with Gasteiger partial charge in [0.25, 0.3) is 0 Å². The van der Waals surface area contributed by atoms with Gasteiger partial charge >= 0.3 is 0 Å².